The van der Waals surface area contributed by atoms with Crippen molar-refractivity contribution in [3.63, 3.8) is 0 Å². The number of nitrogens with two attached hydrogens (primary N) is 1. The predicted molar refractivity (Wildman–Crippen MR) is 65.5 cm³/mol. The third kappa shape index (κ3) is 3.21. The lowest BCUT2D eigenvalue weighted by atomic mass is 10.1. The predicted octanol–water partition coefficient (Wildman–Crippen LogP) is 4.45. The van der Waals surface area contributed by atoms with E-state index in [2.05, 4.69) is 0 Å². The summed E-state index contributed by atoms with van der Waals surface area (Å²) in [5, 5.41) is 2.03. The average Bonchev–Trinajstić information content (AvgIpc) is 2.36. The molecule has 8 heteroatoms. The van der Waals surface area contributed by atoms with Gasteiger partial charge in [0, 0.05) is 17.8 Å². The zero-order chi connectivity index (χ0) is 15.8. The van der Waals surface area contributed by atoms with E-state index in [1.807, 2.05) is 5.32 Å². The van der Waals surface area contributed by atoms with Crippen LogP contribution in [0, 0.1) is 17.5 Å². The highest BCUT2D eigenvalue weighted by Crippen LogP contribution is 2.37. The van der Waals surface area contributed by atoms with E-state index in [0.29, 0.717) is 12.1 Å². The van der Waals surface area contributed by atoms with Crippen LogP contribution in [0.25, 0.3) is 0 Å². The Bertz CT molecular complexity index is 681. The van der Waals surface area contributed by atoms with Gasteiger partial charge in [0.1, 0.15) is 5.82 Å². The third-order valence-electron chi connectivity index (χ3n) is 2.61. The van der Waals surface area contributed by atoms with Gasteiger partial charge in [-0.1, -0.05) is 0 Å². The van der Waals surface area contributed by atoms with Gasteiger partial charge in [0.15, 0.2) is 11.6 Å². The Labute approximate surface area is 115 Å². The molecule has 0 spiro atoms. The number of hydrogen-bond acceptors (Lipinski definition) is 2. The molecule has 2 nitrogen and oxygen atoms in total. The zero-order valence-electron chi connectivity index (χ0n) is 10.2. The molecule has 0 amide bonds. The van der Waals surface area contributed by atoms with E-state index < -0.39 is 40.6 Å². The van der Waals surface area contributed by atoms with E-state index in [0.717, 1.165) is 12.1 Å². The van der Waals surface area contributed by atoms with Crippen molar-refractivity contribution in [1.82, 2.24) is 0 Å². The van der Waals surface area contributed by atoms with Gasteiger partial charge >= 0.3 is 6.18 Å². The summed E-state index contributed by atoms with van der Waals surface area (Å²) in [4.78, 5) is 0. The molecule has 0 atom stereocenters. The first-order chi connectivity index (χ1) is 9.68. The second-order valence-corrected chi connectivity index (χ2v) is 4.18. The van der Waals surface area contributed by atoms with Crippen LogP contribution in [-0.2, 0) is 6.18 Å². The van der Waals surface area contributed by atoms with Crippen LogP contribution in [0.3, 0.4) is 0 Å². The maximum atomic E-state index is 13.5. The third-order valence-corrected chi connectivity index (χ3v) is 2.61. The second kappa shape index (κ2) is 5.19. The number of anilines is 3. The lowest BCUT2D eigenvalue weighted by Gasteiger charge is -2.15. The summed E-state index contributed by atoms with van der Waals surface area (Å²) < 4.78 is 78.1. The van der Waals surface area contributed by atoms with Crippen LogP contribution < -0.4 is 11.1 Å². The molecular formula is C13H8F6N2. The molecule has 0 aromatic heterocycles. The van der Waals surface area contributed by atoms with Crippen molar-refractivity contribution in [3.8, 4) is 0 Å². The molecule has 112 valence electrons. The number of nitrogen functional groups attached to an aromatic ring is 1. The molecule has 0 bridgehead atoms. The van der Waals surface area contributed by atoms with Crippen LogP contribution in [0.2, 0.25) is 0 Å². The quantitative estimate of drug-likeness (QED) is 0.489. The smallest absolute Gasteiger partial charge is 0.399 e. The Kier molecular flexibility index (Phi) is 3.71. The maximum Gasteiger partial charge on any atom is 0.418 e. The molecule has 0 aliphatic heterocycles. The largest absolute Gasteiger partial charge is 0.418 e. The fourth-order valence-corrected chi connectivity index (χ4v) is 1.70. The minimum absolute atomic E-state index is 0.154. The zero-order valence-corrected chi connectivity index (χ0v) is 10.2. The molecule has 2 rings (SSSR count). The molecule has 0 radical (unpaired) electrons. The number of nitrogens with one attached hydrogen (secondary N) is 1. The van der Waals surface area contributed by atoms with E-state index in [1.54, 1.807) is 0 Å². The van der Waals surface area contributed by atoms with Crippen molar-refractivity contribution in [1.29, 1.82) is 0 Å². The number of alkyl halides is 3. The Morgan fingerprint density at radius 1 is 0.905 bits per heavy atom. The SMILES string of the molecule is Nc1ccc(Nc2cc(F)cc(F)c2F)c(C(F)(F)F)c1. The summed E-state index contributed by atoms with van der Waals surface area (Å²) in [6.07, 6.45) is -4.76. The average molecular weight is 306 g/mol. The summed E-state index contributed by atoms with van der Waals surface area (Å²) in [6.45, 7) is 0. The van der Waals surface area contributed by atoms with Crippen molar-refractivity contribution in [2.24, 2.45) is 0 Å². The van der Waals surface area contributed by atoms with E-state index in [-0.39, 0.29) is 11.8 Å². The van der Waals surface area contributed by atoms with Crippen LogP contribution in [0.4, 0.5) is 43.4 Å². The molecule has 0 aliphatic rings. The highest BCUT2D eigenvalue weighted by atomic mass is 19.4. The number of hydrogen-bond donors (Lipinski definition) is 2. The first-order valence-electron chi connectivity index (χ1n) is 5.57. The van der Waals surface area contributed by atoms with Gasteiger partial charge in [0.25, 0.3) is 0 Å². The van der Waals surface area contributed by atoms with Gasteiger partial charge in [-0.05, 0) is 18.2 Å². The Morgan fingerprint density at radius 3 is 2.19 bits per heavy atom. The van der Waals surface area contributed by atoms with Crippen LogP contribution in [0.15, 0.2) is 30.3 Å². The normalized spacial score (nSPS) is 11.5. The standard InChI is InChI=1S/C13H8F6N2/c14-6-3-9(15)12(16)11(4-6)21-10-2-1-7(20)5-8(10)13(17,18)19/h1-5,21H,20H2. The van der Waals surface area contributed by atoms with Crippen molar-refractivity contribution in [3.05, 3.63) is 53.3 Å². The minimum Gasteiger partial charge on any atom is -0.399 e. The van der Waals surface area contributed by atoms with Crippen molar-refractivity contribution < 1.29 is 26.3 Å². The van der Waals surface area contributed by atoms with Gasteiger partial charge in [-0.25, -0.2) is 13.2 Å². The molecule has 0 unspecified atom stereocenters. The van der Waals surface area contributed by atoms with Gasteiger partial charge in [-0.3, -0.25) is 0 Å². The van der Waals surface area contributed by atoms with Crippen molar-refractivity contribution in [2.45, 2.75) is 6.18 Å². The molecule has 0 aliphatic carbocycles. The second-order valence-electron chi connectivity index (χ2n) is 4.18. The van der Waals surface area contributed by atoms with Crippen LogP contribution >= 0.6 is 0 Å². The first kappa shape index (κ1) is 15.0. The number of rotatable bonds is 2. The van der Waals surface area contributed by atoms with Gasteiger partial charge in [-0.15, -0.1) is 0 Å². The fraction of sp³-hybridized carbons (Fsp3) is 0.0769. The monoisotopic (exact) mass is 306 g/mol. The summed E-state index contributed by atoms with van der Waals surface area (Å²) in [5.74, 6) is -4.12. The maximum absolute atomic E-state index is 13.5. The summed E-state index contributed by atoms with van der Waals surface area (Å²) in [5.41, 5.74) is 2.63. The van der Waals surface area contributed by atoms with Crippen molar-refractivity contribution >= 4 is 17.1 Å². The Balaban J connectivity index is 2.50. The highest BCUT2D eigenvalue weighted by Gasteiger charge is 2.34. The fourth-order valence-electron chi connectivity index (χ4n) is 1.70. The van der Waals surface area contributed by atoms with Gasteiger partial charge in [0.05, 0.1) is 16.9 Å². The van der Waals surface area contributed by atoms with Crippen LogP contribution in [0.5, 0.6) is 0 Å². The molecule has 2 aromatic carbocycles. The van der Waals surface area contributed by atoms with Gasteiger partial charge < -0.3 is 11.1 Å². The molecule has 0 saturated heterocycles. The highest BCUT2D eigenvalue weighted by molar-refractivity contribution is 5.67. The topological polar surface area (TPSA) is 38.0 Å². The minimum atomic E-state index is -4.76. The van der Waals surface area contributed by atoms with E-state index >= 15 is 0 Å². The van der Waals surface area contributed by atoms with Crippen LogP contribution in [0.1, 0.15) is 5.56 Å². The molecule has 0 saturated carbocycles. The molecule has 0 heterocycles. The Hall–Kier alpha value is -2.38. The molecule has 3 N–H and O–H groups in total. The van der Waals surface area contributed by atoms with Gasteiger partial charge in [0.2, 0.25) is 0 Å². The summed E-state index contributed by atoms with van der Waals surface area (Å²) >= 11 is 0. The first-order valence-corrected chi connectivity index (χ1v) is 5.57. The molecular weight excluding hydrogens is 298 g/mol. The number of benzene rings is 2. The number of halogens is 6. The molecule has 0 fully saturated rings. The molecule has 2 aromatic rings. The Morgan fingerprint density at radius 2 is 1.57 bits per heavy atom. The van der Waals surface area contributed by atoms with E-state index in [9.17, 15) is 26.3 Å². The molecule has 21 heavy (non-hydrogen) atoms. The summed E-state index contributed by atoms with van der Waals surface area (Å²) in [7, 11) is 0. The lowest BCUT2D eigenvalue weighted by molar-refractivity contribution is -0.136. The van der Waals surface area contributed by atoms with E-state index in [4.69, 9.17) is 5.73 Å². The van der Waals surface area contributed by atoms with E-state index in [1.165, 1.54) is 0 Å². The van der Waals surface area contributed by atoms with Crippen LogP contribution in [-0.4, -0.2) is 0 Å². The lowest BCUT2D eigenvalue weighted by Crippen LogP contribution is -2.10. The van der Waals surface area contributed by atoms with Gasteiger partial charge in [-0.2, -0.15) is 13.2 Å². The van der Waals surface area contributed by atoms with Crippen molar-refractivity contribution in [2.75, 3.05) is 11.1 Å². The summed E-state index contributed by atoms with van der Waals surface area (Å²) in [6, 6.07) is 3.56.